The van der Waals surface area contributed by atoms with Crippen LogP contribution in [0.15, 0.2) is 18.3 Å². The Morgan fingerprint density at radius 3 is 2.82 bits per heavy atom. The third-order valence-corrected chi connectivity index (χ3v) is 4.29. The normalized spacial score (nSPS) is 19.9. The van der Waals surface area contributed by atoms with Crippen LogP contribution < -0.4 is 10.6 Å². The first-order valence-electron chi connectivity index (χ1n) is 7.94. The monoisotopic (exact) mass is 347 g/mol. The van der Waals surface area contributed by atoms with Gasteiger partial charge in [0, 0.05) is 31.9 Å². The summed E-state index contributed by atoms with van der Waals surface area (Å²) in [5.41, 5.74) is 1.37. The Labute approximate surface area is 145 Å². The lowest BCUT2D eigenvalue weighted by Crippen LogP contribution is -2.48. The number of pyridine rings is 1. The van der Waals surface area contributed by atoms with Crippen LogP contribution in [-0.4, -0.2) is 36.8 Å². The quantitative estimate of drug-likeness (QED) is 0.743. The van der Waals surface area contributed by atoms with Gasteiger partial charge in [0.05, 0.1) is 6.10 Å². The Morgan fingerprint density at radius 1 is 1.18 bits per heavy atom. The highest BCUT2D eigenvalue weighted by Gasteiger charge is 2.18. The van der Waals surface area contributed by atoms with Crippen molar-refractivity contribution >= 4 is 30.6 Å². The molecule has 1 saturated heterocycles. The van der Waals surface area contributed by atoms with E-state index in [0.717, 1.165) is 25.5 Å². The van der Waals surface area contributed by atoms with Crippen LogP contribution in [0.1, 0.15) is 37.7 Å². The fourth-order valence-corrected chi connectivity index (χ4v) is 2.88. The number of aryl methyl sites for hydroxylation is 1. The van der Waals surface area contributed by atoms with E-state index in [-0.39, 0.29) is 24.8 Å². The van der Waals surface area contributed by atoms with Crippen molar-refractivity contribution in [3.05, 3.63) is 23.9 Å². The number of rotatable bonds is 7. The molecule has 1 aromatic heterocycles. The van der Waals surface area contributed by atoms with Gasteiger partial charge in [0.15, 0.2) is 0 Å². The van der Waals surface area contributed by atoms with E-state index in [1.165, 1.54) is 44.1 Å². The minimum atomic E-state index is 0. The van der Waals surface area contributed by atoms with Gasteiger partial charge >= 0.3 is 0 Å². The van der Waals surface area contributed by atoms with Gasteiger partial charge < -0.3 is 15.4 Å². The van der Waals surface area contributed by atoms with Gasteiger partial charge in [-0.3, -0.25) is 0 Å². The average Bonchev–Trinajstić information content (AvgIpc) is 2.44. The number of ether oxygens (including phenoxy) is 1. The van der Waals surface area contributed by atoms with Gasteiger partial charge in [-0.05, 0) is 37.3 Å². The molecule has 2 N–H and O–H groups in total. The van der Waals surface area contributed by atoms with E-state index in [1.54, 1.807) is 0 Å². The first-order chi connectivity index (χ1) is 9.92. The molecule has 0 bridgehead atoms. The number of halogens is 2. The molecule has 0 radical (unpaired) electrons. The highest BCUT2D eigenvalue weighted by molar-refractivity contribution is 5.85. The zero-order valence-corrected chi connectivity index (χ0v) is 14.6. The SMILES string of the molecule is Cl.Cl.c1cnc2c(c1)CCC(CCCCCOC1CNC1)N2. The number of hydrogen-bond donors (Lipinski definition) is 2. The summed E-state index contributed by atoms with van der Waals surface area (Å²) in [5.74, 6) is 1.10. The number of unbranched alkanes of at least 4 members (excludes halogenated alkanes) is 2. The molecule has 0 aliphatic carbocycles. The molecule has 3 heterocycles. The van der Waals surface area contributed by atoms with Crippen LogP contribution in [0.4, 0.5) is 5.82 Å². The maximum atomic E-state index is 5.73. The second kappa shape index (κ2) is 10.3. The Kier molecular flexibility index (Phi) is 9.10. The third kappa shape index (κ3) is 5.58. The molecule has 1 fully saturated rings. The topological polar surface area (TPSA) is 46.2 Å². The van der Waals surface area contributed by atoms with Crippen molar-refractivity contribution in [1.82, 2.24) is 10.3 Å². The van der Waals surface area contributed by atoms with Gasteiger partial charge in [-0.25, -0.2) is 4.98 Å². The van der Waals surface area contributed by atoms with Gasteiger partial charge in [-0.2, -0.15) is 0 Å². The lowest BCUT2D eigenvalue weighted by atomic mass is 9.97. The summed E-state index contributed by atoms with van der Waals surface area (Å²) in [6.45, 7) is 3.01. The summed E-state index contributed by atoms with van der Waals surface area (Å²) in [4.78, 5) is 4.43. The van der Waals surface area contributed by atoms with Crippen molar-refractivity contribution in [2.75, 3.05) is 25.0 Å². The Bertz CT molecular complexity index is 430. The van der Waals surface area contributed by atoms with Crippen LogP contribution in [0, 0.1) is 0 Å². The van der Waals surface area contributed by atoms with Crippen molar-refractivity contribution < 1.29 is 4.74 Å². The number of nitrogens with zero attached hydrogens (tertiary/aromatic N) is 1. The van der Waals surface area contributed by atoms with Crippen LogP contribution in [-0.2, 0) is 11.2 Å². The molecular weight excluding hydrogens is 321 g/mol. The fraction of sp³-hybridized carbons (Fsp3) is 0.688. The summed E-state index contributed by atoms with van der Waals surface area (Å²) in [5, 5.41) is 6.80. The molecule has 2 aliphatic rings. The van der Waals surface area contributed by atoms with Crippen molar-refractivity contribution in [1.29, 1.82) is 0 Å². The number of aromatic nitrogens is 1. The largest absolute Gasteiger partial charge is 0.376 e. The molecule has 22 heavy (non-hydrogen) atoms. The molecule has 0 aromatic carbocycles. The number of hydrogen-bond acceptors (Lipinski definition) is 4. The van der Waals surface area contributed by atoms with Crippen LogP contribution in [0.3, 0.4) is 0 Å². The van der Waals surface area contributed by atoms with E-state index in [4.69, 9.17) is 4.74 Å². The van der Waals surface area contributed by atoms with Gasteiger partial charge in [0.2, 0.25) is 0 Å². The molecule has 2 aliphatic heterocycles. The van der Waals surface area contributed by atoms with Crippen molar-refractivity contribution in [2.24, 2.45) is 0 Å². The summed E-state index contributed by atoms with van der Waals surface area (Å²) >= 11 is 0. The maximum Gasteiger partial charge on any atom is 0.129 e. The standard InChI is InChI=1S/C16H25N3O.2ClH/c1(3-10-20-15-11-17-12-15)2-6-14-8-7-13-5-4-9-18-16(13)19-14;;/h4-5,9,14-15,17H,1-3,6-8,10-12H2,(H,18,19);2*1H. The Balaban J connectivity index is 0.00000121. The minimum absolute atomic E-state index is 0. The van der Waals surface area contributed by atoms with Gasteiger partial charge in [0.1, 0.15) is 5.82 Å². The molecule has 0 spiro atoms. The molecule has 126 valence electrons. The van der Waals surface area contributed by atoms with E-state index in [2.05, 4.69) is 21.7 Å². The lowest BCUT2D eigenvalue weighted by Gasteiger charge is -2.27. The second-order valence-electron chi connectivity index (χ2n) is 5.89. The molecule has 1 atom stereocenters. The van der Waals surface area contributed by atoms with Crippen molar-refractivity contribution in [3.8, 4) is 0 Å². The minimum Gasteiger partial charge on any atom is -0.376 e. The van der Waals surface area contributed by atoms with E-state index < -0.39 is 0 Å². The molecular formula is C16H27Cl2N3O. The summed E-state index contributed by atoms with van der Waals surface area (Å²) in [6.07, 6.45) is 9.76. The average molecular weight is 348 g/mol. The lowest BCUT2D eigenvalue weighted by molar-refractivity contribution is 0.0169. The van der Waals surface area contributed by atoms with E-state index in [0.29, 0.717) is 12.1 Å². The Hall–Kier alpha value is -0.550. The molecule has 0 saturated carbocycles. The molecule has 3 rings (SSSR count). The van der Waals surface area contributed by atoms with Gasteiger partial charge in [0.25, 0.3) is 0 Å². The number of anilines is 1. The van der Waals surface area contributed by atoms with Crippen molar-refractivity contribution in [3.63, 3.8) is 0 Å². The first-order valence-corrected chi connectivity index (χ1v) is 7.94. The van der Waals surface area contributed by atoms with Crippen LogP contribution >= 0.6 is 24.8 Å². The number of fused-ring (bicyclic) bond motifs is 1. The van der Waals surface area contributed by atoms with E-state index in [1.807, 2.05) is 12.3 Å². The first kappa shape index (κ1) is 19.5. The highest BCUT2D eigenvalue weighted by Crippen LogP contribution is 2.24. The van der Waals surface area contributed by atoms with E-state index >= 15 is 0 Å². The van der Waals surface area contributed by atoms with Gasteiger partial charge in [-0.15, -0.1) is 24.8 Å². The smallest absolute Gasteiger partial charge is 0.129 e. The third-order valence-electron chi connectivity index (χ3n) is 4.29. The van der Waals surface area contributed by atoms with Crippen LogP contribution in [0.5, 0.6) is 0 Å². The predicted octanol–water partition coefficient (Wildman–Crippen LogP) is 3.20. The van der Waals surface area contributed by atoms with Gasteiger partial charge in [-0.1, -0.05) is 18.9 Å². The fourth-order valence-electron chi connectivity index (χ4n) is 2.88. The highest BCUT2D eigenvalue weighted by atomic mass is 35.5. The Morgan fingerprint density at radius 2 is 2.05 bits per heavy atom. The van der Waals surface area contributed by atoms with Crippen molar-refractivity contribution in [2.45, 2.75) is 50.7 Å². The molecule has 1 unspecified atom stereocenters. The van der Waals surface area contributed by atoms with E-state index in [9.17, 15) is 0 Å². The molecule has 0 amide bonds. The van der Waals surface area contributed by atoms with Crippen LogP contribution in [0.25, 0.3) is 0 Å². The summed E-state index contributed by atoms with van der Waals surface area (Å²) in [7, 11) is 0. The number of nitrogens with one attached hydrogen (secondary N) is 2. The zero-order valence-electron chi connectivity index (χ0n) is 12.9. The second-order valence-corrected chi connectivity index (χ2v) is 5.89. The maximum absolute atomic E-state index is 5.73. The molecule has 6 heteroatoms. The summed E-state index contributed by atoms with van der Waals surface area (Å²) < 4.78 is 5.73. The van der Waals surface area contributed by atoms with Crippen LogP contribution in [0.2, 0.25) is 0 Å². The zero-order chi connectivity index (χ0) is 13.6. The molecule has 1 aromatic rings. The molecule has 4 nitrogen and oxygen atoms in total. The predicted molar refractivity (Wildman–Crippen MR) is 95.5 cm³/mol. The summed E-state index contributed by atoms with van der Waals surface area (Å²) in [6, 6.07) is 4.81.